The summed E-state index contributed by atoms with van der Waals surface area (Å²) in [7, 11) is 0. The molecule has 0 bridgehead atoms. The van der Waals surface area contributed by atoms with Gasteiger partial charge in [-0.3, -0.25) is 0 Å². The number of benzene rings is 1. The van der Waals surface area contributed by atoms with E-state index >= 15 is 0 Å². The third-order valence-electron chi connectivity index (χ3n) is 2.24. The van der Waals surface area contributed by atoms with Crippen LogP contribution in [0.25, 0.3) is 6.08 Å². The van der Waals surface area contributed by atoms with Gasteiger partial charge in [0.2, 0.25) is 0 Å². The van der Waals surface area contributed by atoms with Crippen LogP contribution in [0.3, 0.4) is 0 Å². The minimum atomic E-state index is -4.20. The number of carboxylic acids is 1. The molecule has 0 fully saturated rings. The van der Waals surface area contributed by atoms with Crippen LogP contribution in [0.5, 0.6) is 5.75 Å². The molecule has 0 saturated heterocycles. The Kier molecular flexibility index (Phi) is 5.88. The van der Waals surface area contributed by atoms with Crippen LogP contribution < -0.4 is 4.74 Å². The Bertz CT molecular complexity index is 498. The molecule has 110 valence electrons. The summed E-state index contributed by atoms with van der Waals surface area (Å²) in [6, 6.07) is 4.52. The van der Waals surface area contributed by atoms with Crippen molar-refractivity contribution in [1.29, 1.82) is 0 Å². The molecule has 0 radical (unpaired) electrons. The van der Waals surface area contributed by atoms with Crippen molar-refractivity contribution in [3.8, 4) is 5.75 Å². The molecule has 0 heterocycles. The smallest absolute Gasteiger partial charge is 0.389 e. The molecular weight excluding hydrogens is 297 g/mol. The van der Waals surface area contributed by atoms with E-state index in [1.165, 1.54) is 18.2 Å². The molecule has 0 saturated carbocycles. The van der Waals surface area contributed by atoms with Crippen molar-refractivity contribution in [3.63, 3.8) is 0 Å². The van der Waals surface area contributed by atoms with Gasteiger partial charge in [-0.05, 0) is 30.2 Å². The van der Waals surface area contributed by atoms with E-state index in [1.807, 2.05) is 0 Å². The van der Waals surface area contributed by atoms with Crippen LogP contribution in [0, 0.1) is 0 Å². The zero-order valence-electron chi connectivity index (χ0n) is 10.3. The topological polar surface area (TPSA) is 46.5 Å². The highest BCUT2D eigenvalue weighted by molar-refractivity contribution is 6.32. The van der Waals surface area contributed by atoms with E-state index in [0.717, 1.165) is 6.08 Å². The number of rotatable bonds is 6. The van der Waals surface area contributed by atoms with Crippen molar-refractivity contribution in [2.75, 3.05) is 6.61 Å². The number of hydrogen-bond acceptors (Lipinski definition) is 2. The molecule has 1 aromatic rings. The Morgan fingerprint density at radius 3 is 2.65 bits per heavy atom. The monoisotopic (exact) mass is 308 g/mol. The summed E-state index contributed by atoms with van der Waals surface area (Å²) in [4.78, 5) is 10.3. The minimum Gasteiger partial charge on any atom is -0.492 e. The van der Waals surface area contributed by atoms with E-state index in [2.05, 4.69) is 0 Å². The second-order valence-corrected chi connectivity index (χ2v) is 4.34. The summed E-state index contributed by atoms with van der Waals surface area (Å²) >= 11 is 5.89. The van der Waals surface area contributed by atoms with Gasteiger partial charge in [-0.1, -0.05) is 17.7 Å². The Hall–Kier alpha value is -1.69. The van der Waals surface area contributed by atoms with Gasteiger partial charge in [0.05, 0.1) is 11.6 Å². The molecule has 20 heavy (non-hydrogen) atoms. The van der Waals surface area contributed by atoms with E-state index < -0.39 is 18.6 Å². The molecule has 0 aromatic heterocycles. The molecular formula is C13H12ClF3O3. The lowest BCUT2D eigenvalue weighted by Gasteiger charge is -2.09. The second-order valence-electron chi connectivity index (χ2n) is 3.93. The lowest BCUT2D eigenvalue weighted by molar-refractivity contribution is -0.136. The number of hydrogen-bond donors (Lipinski definition) is 1. The number of halogens is 4. The lowest BCUT2D eigenvalue weighted by Crippen LogP contribution is -2.09. The van der Waals surface area contributed by atoms with Gasteiger partial charge in [0.15, 0.2) is 0 Å². The average Bonchev–Trinajstić information content (AvgIpc) is 2.32. The minimum absolute atomic E-state index is 0.0937. The highest BCUT2D eigenvalue weighted by Gasteiger charge is 2.26. The molecule has 0 amide bonds. The SMILES string of the molecule is O=C(O)/C=C/c1ccc(OCCCC(F)(F)F)c(Cl)c1. The molecule has 1 aromatic carbocycles. The van der Waals surface area contributed by atoms with Gasteiger partial charge in [0, 0.05) is 12.5 Å². The fourth-order valence-electron chi connectivity index (χ4n) is 1.36. The van der Waals surface area contributed by atoms with Crippen LogP contribution in [0.15, 0.2) is 24.3 Å². The first-order chi connectivity index (χ1) is 9.28. The average molecular weight is 309 g/mol. The summed E-state index contributed by atoms with van der Waals surface area (Å²) in [6.07, 6.45) is -2.96. The highest BCUT2D eigenvalue weighted by atomic mass is 35.5. The Balaban J connectivity index is 2.54. The fraction of sp³-hybridized carbons (Fsp3) is 0.308. The first-order valence-corrected chi connectivity index (χ1v) is 6.06. The van der Waals surface area contributed by atoms with Gasteiger partial charge in [-0.2, -0.15) is 13.2 Å². The predicted molar refractivity (Wildman–Crippen MR) is 68.9 cm³/mol. The van der Waals surface area contributed by atoms with E-state index in [4.69, 9.17) is 21.4 Å². The van der Waals surface area contributed by atoms with Crippen LogP contribution in [0.1, 0.15) is 18.4 Å². The highest BCUT2D eigenvalue weighted by Crippen LogP contribution is 2.27. The zero-order valence-corrected chi connectivity index (χ0v) is 11.0. The first-order valence-electron chi connectivity index (χ1n) is 5.68. The van der Waals surface area contributed by atoms with Gasteiger partial charge in [-0.25, -0.2) is 4.79 Å². The van der Waals surface area contributed by atoms with Crippen molar-refractivity contribution in [2.45, 2.75) is 19.0 Å². The largest absolute Gasteiger partial charge is 0.492 e. The summed E-state index contributed by atoms with van der Waals surface area (Å²) < 4.78 is 40.9. The van der Waals surface area contributed by atoms with Crippen molar-refractivity contribution in [2.24, 2.45) is 0 Å². The van der Waals surface area contributed by atoms with Gasteiger partial charge in [-0.15, -0.1) is 0 Å². The third-order valence-corrected chi connectivity index (χ3v) is 2.53. The Labute approximate surface area is 118 Å². The molecule has 0 spiro atoms. The summed E-state index contributed by atoms with van der Waals surface area (Å²) in [5, 5.41) is 8.68. The van der Waals surface area contributed by atoms with Gasteiger partial charge in [0.1, 0.15) is 5.75 Å². The van der Waals surface area contributed by atoms with Gasteiger partial charge < -0.3 is 9.84 Å². The molecule has 0 aliphatic rings. The Morgan fingerprint density at radius 1 is 1.40 bits per heavy atom. The van der Waals surface area contributed by atoms with Crippen molar-refractivity contribution in [1.82, 2.24) is 0 Å². The second kappa shape index (κ2) is 7.19. The van der Waals surface area contributed by atoms with Gasteiger partial charge in [0.25, 0.3) is 0 Å². The molecule has 1 N–H and O–H groups in total. The third kappa shape index (κ3) is 6.47. The Morgan fingerprint density at radius 2 is 2.10 bits per heavy atom. The standard InChI is InChI=1S/C13H12ClF3O3/c14-10-8-9(3-5-12(18)19)2-4-11(10)20-7-1-6-13(15,16)17/h2-5,8H,1,6-7H2,(H,18,19)/b5-3+. The van der Waals surface area contributed by atoms with E-state index in [1.54, 1.807) is 6.07 Å². The van der Waals surface area contributed by atoms with Gasteiger partial charge >= 0.3 is 12.1 Å². The first kappa shape index (κ1) is 16.4. The lowest BCUT2D eigenvalue weighted by atomic mass is 10.2. The van der Waals surface area contributed by atoms with Crippen molar-refractivity contribution >= 4 is 23.6 Å². The number of alkyl halides is 3. The quantitative estimate of drug-likeness (QED) is 0.634. The maximum absolute atomic E-state index is 11.9. The van der Waals surface area contributed by atoms with Crippen LogP contribution in [-0.2, 0) is 4.79 Å². The summed E-state index contributed by atoms with van der Waals surface area (Å²) in [5.41, 5.74) is 0.556. The predicted octanol–water partition coefficient (Wildman–Crippen LogP) is 4.16. The zero-order chi connectivity index (χ0) is 15.2. The number of aliphatic carboxylic acids is 1. The summed E-state index contributed by atoms with van der Waals surface area (Å²) in [6.45, 7) is -0.0937. The van der Waals surface area contributed by atoms with Crippen LogP contribution in [0.2, 0.25) is 5.02 Å². The van der Waals surface area contributed by atoms with E-state index in [-0.39, 0.29) is 23.8 Å². The van der Waals surface area contributed by atoms with Crippen molar-refractivity contribution < 1.29 is 27.8 Å². The molecule has 3 nitrogen and oxygen atoms in total. The van der Waals surface area contributed by atoms with Crippen LogP contribution >= 0.6 is 11.6 Å². The summed E-state index contributed by atoms with van der Waals surface area (Å²) in [5.74, 6) is -0.824. The number of carbonyl (C=O) groups is 1. The molecule has 1 rings (SSSR count). The normalized spacial score (nSPS) is 11.8. The molecule has 0 aliphatic carbocycles. The van der Waals surface area contributed by atoms with E-state index in [0.29, 0.717) is 5.56 Å². The molecule has 0 aliphatic heterocycles. The fourth-order valence-corrected chi connectivity index (χ4v) is 1.60. The molecule has 7 heteroatoms. The number of carboxylic acid groups (broad SMARTS) is 1. The number of ether oxygens (including phenoxy) is 1. The van der Waals surface area contributed by atoms with E-state index in [9.17, 15) is 18.0 Å². The maximum Gasteiger partial charge on any atom is 0.389 e. The van der Waals surface area contributed by atoms with Crippen LogP contribution in [0.4, 0.5) is 13.2 Å². The maximum atomic E-state index is 11.9. The molecule has 0 atom stereocenters. The van der Waals surface area contributed by atoms with Crippen molar-refractivity contribution in [3.05, 3.63) is 34.9 Å². The molecule has 0 unspecified atom stereocenters. The van der Waals surface area contributed by atoms with Crippen LogP contribution in [-0.4, -0.2) is 23.9 Å².